The number of pyridine rings is 2. The summed E-state index contributed by atoms with van der Waals surface area (Å²) >= 11 is 0. The van der Waals surface area contributed by atoms with Gasteiger partial charge in [-0.15, -0.1) is 0 Å². The van der Waals surface area contributed by atoms with Crippen LogP contribution in [0.2, 0.25) is 0 Å². The van der Waals surface area contributed by atoms with Crippen molar-refractivity contribution in [3.8, 4) is 11.8 Å². The van der Waals surface area contributed by atoms with Crippen LogP contribution in [0.3, 0.4) is 0 Å². The Kier molecular flexibility index (Phi) is 2.43. The van der Waals surface area contributed by atoms with Gasteiger partial charge >= 0.3 is 0 Å². The Balaban J connectivity index is 1.96. The quantitative estimate of drug-likeness (QED) is 0.666. The highest BCUT2D eigenvalue weighted by Gasteiger charge is 2.00. The van der Waals surface area contributed by atoms with E-state index in [0.29, 0.717) is 11.8 Å². The Morgan fingerprint density at radius 3 is 2.41 bits per heavy atom. The van der Waals surface area contributed by atoms with Gasteiger partial charge in [-0.1, -0.05) is 30.3 Å². The molecule has 0 bridgehead atoms. The average molecular weight is 222 g/mol. The monoisotopic (exact) mass is 222 g/mol. The highest BCUT2D eigenvalue weighted by Crippen LogP contribution is 2.21. The summed E-state index contributed by atoms with van der Waals surface area (Å²) in [5.41, 5.74) is 0. The maximum Gasteiger partial charge on any atom is 0.221 e. The van der Waals surface area contributed by atoms with E-state index < -0.39 is 0 Å². The Morgan fingerprint density at radius 2 is 1.59 bits per heavy atom. The van der Waals surface area contributed by atoms with Crippen molar-refractivity contribution in [2.24, 2.45) is 0 Å². The van der Waals surface area contributed by atoms with E-state index in [1.807, 2.05) is 42.5 Å². The molecule has 3 aromatic rings. The standard InChI is InChI=1S/C14H10N2O/c1-2-6-12-10-16-14(9-11(12)5-1)17-13-7-3-4-8-15-13/h1-10H. The van der Waals surface area contributed by atoms with Crippen LogP contribution in [0.25, 0.3) is 10.8 Å². The average Bonchev–Trinajstić information content (AvgIpc) is 2.40. The molecule has 0 amide bonds. The molecule has 0 fully saturated rings. The van der Waals surface area contributed by atoms with Crippen molar-refractivity contribution in [1.82, 2.24) is 9.97 Å². The first kappa shape index (κ1) is 9.78. The second-order valence-electron chi connectivity index (χ2n) is 3.64. The topological polar surface area (TPSA) is 35.0 Å². The van der Waals surface area contributed by atoms with E-state index in [1.165, 1.54) is 0 Å². The fourth-order valence-electron chi connectivity index (χ4n) is 1.63. The number of hydrogen-bond acceptors (Lipinski definition) is 3. The fraction of sp³-hybridized carbons (Fsp3) is 0. The van der Waals surface area contributed by atoms with Crippen LogP contribution in [0, 0.1) is 0 Å². The molecule has 0 unspecified atom stereocenters. The number of fused-ring (bicyclic) bond motifs is 1. The molecular formula is C14H10N2O. The predicted molar refractivity (Wildman–Crippen MR) is 66.1 cm³/mol. The lowest BCUT2D eigenvalue weighted by Gasteiger charge is -2.04. The number of benzene rings is 1. The molecule has 0 aliphatic carbocycles. The summed E-state index contributed by atoms with van der Waals surface area (Å²) < 4.78 is 5.56. The summed E-state index contributed by atoms with van der Waals surface area (Å²) in [6, 6.07) is 15.5. The first-order valence-corrected chi connectivity index (χ1v) is 5.35. The number of nitrogens with zero attached hydrogens (tertiary/aromatic N) is 2. The smallest absolute Gasteiger partial charge is 0.221 e. The molecular weight excluding hydrogens is 212 g/mol. The SMILES string of the molecule is c1ccc(Oc2cc3ccccc3cn2)nc1. The van der Waals surface area contributed by atoms with E-state index >= 15 is 0 Å². The van der Waals surface area contributed by atoms with E-state index in [-0.39, 0.29) is 0 Å². The van der Waals surface area contributed by atoms with E-state index in [4.69, 9.17) is 4.74 Å². The number of hydrogen-bond donors (Lipinski definition) is 0. The second-order valence-corrected chi connectivity index (χ2v) is 3.64. The van der Waals surface area contributed by atoms with Gasteiger partial charge in [-0.25, -0.2) is 9.97 Å². The van der Waals surface area contributed by atoms with Crippen molar-refractivity contribution in [3.63, 3.8) is 0 Å². The van der Waals surface area contributed by atoms with Crippen LogP contribution >= 0.6 is 0 Å². The number of ether oxygens (including phenoxy) is 1. The summed E-state index contributed by atoms with van der Waals surface area (Å²) in [5.74, 6) is 1.11. The molecule has 17 heavy (non-hydrogen) atoms. The maximum absolute atomic E-state index is 5.56. The predicted octanol–water partition coefficient (Wildman–Crippen LogP) is 3.42. The van der Waals surface area contributed by atoms with E-state index in [9.17, 15) is 0 Å². The second kappa shape index (κ2) is 4.22. The molecule has 0 radical (unpaired) electrons. The molecule has 3 nitrogen and oxygen atoms in total. The van der Waals surface area contributed by atoms with Gasteiger partial charge in [0, 0.05) is 29.9 Å². The van der Waals surface area contributed by atoms with Crippen LogP contribution in [0.15, 0.2) is 60.9 Å². The fourth-order valence-corrected chi connectivity index (χ4v) is 1.63. The van der Waals surface area contributed by atoms with Crippen LogP contribution in [-0.2, 0) is 0 Å². The van der Waals surface area contributed by atoms with Gasteiger partial charge < -0.3 is 4.74 Å². The van der Waals surface area contributed by atoms with Crippen molar-refractivity contribution in [2.45, 2.75) is 0 Å². The normalized spacial score (nSPS) is 10.4. The van der Waals surface area contributed by atoms with Crippen LogP contribution < -0.4 is 4.74 Å². The van der Waals surface area contributed by atoms with Gasteiger partial charge in [0.15, 0.2) is 0 Å². The molecule has 1 aromatic carbocycles. The molecule has 2 heterocycles. The molecule has 82 valence electrons. The molecule has 2 aromatic heterocycles. The summed E-state index contributed by atoms with van der Waals surface area (Å²) in [4.78, 5) is 8.33. The van der Waals surface area contributed by atoms with Gasteiger partial charge in [-0.05, 0) is 11.5 Å². The Bertz CT molecular complexity index is 638. The van der Waals surface area contributed by atoms with Crippen LogP contribution in [0.4, 0.5) is 0 Å². The molecule has 0 N–H and O–H groups in total. The zero-order valence-corrected chi connectivity index (χ0v) is 9.08. The minimum absolute atomic E-state index is 0.551. The highest BCUT2D eigenvalue weighted by atomic mass is 16.5. The molecule has 3 rings (SSSR count). The molecule has 0 saturated heterocycles. The molecule has 0 spiro atoms. The third-order valence-electron chi connectivity index (χ3n) is 2.45. The third kappa shape index (κ3) is 2.08. The van der Waals surface area contributed by atoms with Crippen molar-refractivity contribution in [1.29, 1.82) is 0 Å². The van der Waals surface area contributed by atoms with Gasteiger partial charge in [0.1, 0.15) is 0 Å². The molecule has 0 atom stereocenters. The number of rotatable bonds is 2. The van der Waals surface area contributed by atoms with E-state index in [2.05, 4.69) is 9.97 Å². The first-order chi connectivity index (χ1) is 8.42. The molecule has 0 aliphatic heterocycles. The van der Waals surface area contributed by atoms with Crippen LogP contribution in [0.1, 0.15) is 0 Å². The van der Waals surface area contributed by atoms with Crippen molar-refractivity contribution >= 4 is 10.8 Å². The molecule has 0 aliphatic rings. The lowest BCUT2D eigenvalue weighted by molar-refractivity contribution is 0.445. The molecule has 0 saturated carbocycles. The summed E-state index contributed by atoms with van der Waals surface area (Å²) in [6.45, 7) is 0. The molecule has 3 heteroatoms. The van der Waals surface area contributed by atoms with Crippen molar-refractivity contribution in [3.05, 3.63) is 60.9 Å². The van der Waals surface area contributed by atoms with Gasteiger partial charge in [0.25, 0.3) is 0 Å². The van der Waals surface area contributed by atoms with Crippen LogP contribution in [0.5, 0.6) is 11.8 Å². The zero-order valence-electron chi connectivity index (χ0n) is 9.08. The minimum atomic E-state index is 0.551. The first-order valence-electron chi connectivity index (χ1n) is 5.35. The lowest BCUT2D eigenvalue weighted by Crippen LogP contribution is -1.89. The third-order valence-corrected chi connectivity index (χ3v) is 2.45. The Labute approximate surface area is 98.7 Å². The Morgan fingerprint density at radius 1 is 0.765 bits per heavy atom. The van der Waals surface area contributed by atoms with Crippen LogP contribution in [-0.4, -0.2) is 9.97 Å². The van der Waals surface area contributed by atoms with Crippen molar-refractivity contribution in [2.75, 3.05) is 0 Å². The summed E-state index contributed by atoms with van der Waals surface area (Å²) in [6.07, 6.45) is 3.49. The summed E-state index contributed by atoms with van der Waals surface area (Å²) in [7, 11) is 0. The van der Waals surface area contributed by atoms with Gasteiger partial charge in [0.05, 0.1) is 0 Å². The number of aromatic nitrogens is 2. The van der Waals surface area contributed by atoms with E-state index in [0.717, 1.165) is 10.8 Å². The van der Waals surface area contributed by atoms with E-state index in [1.54, 1.807) is 18.5 Å². The zero-order chi connectivity index (χ0) is 11.5. The van der Waals surface area contributed by atoms with Gasteiger partial charge in [-0.3, -0.25) is 0 Å². The summed E-state index contributed by atoms with van der Waals surface area (Å²) in [5, 5.41) is 2.20. The largest absolute Gasteiger partial charge is 0.421 e. The highest BCUT2D eigenvalue weighted by molar-refractivity contribution is 5.82. The maximum atomic E-state index is 5.56. The minimum Gasteiger partial charge on any atom is -0.421 e. The van der Waals surface area contributed by atoms with Gasteiger partial charge in [0.2, 0.25) is 11.8 Å². The Hall–Kier alpha value is -2.42. The van der Waals surface area contributed by atoms with Crippen molar-refractivity contribution < 1.29 is 4.74 Å². The lowest BCUT2D eigenvalue weighted by atomic mass is 10.2. The van der Waals surface area contributed by atoms with Gasteiger partial charge in [-0.2, -0.15) is 0 Å².